The maximum Gasteiger partial charge on any atom is 0.226 e. The molecule has 3 rings (SSSR count). The van der Waals surface area contributed by atoms with Crippen molar-refractivity contribution in [1.29, 1.82) is 0 Å². The van der Waals surface area contributed by atoms with Crippen LogP contribution < -0.4 is 20.1 Å². The summed E-state index contributed by atoms with van der Waals surface area (Å²) in [5.74, 6) is 3.93. The van der Waals surface area contributed by atoms with Crippen molar-refractivity contribution in [3.05, 3.63) is 18.2 Å². The number of anilines is 1. The van der Waals surface area contributed by atoms with E-state index in [1.54, 1.807) is 20.3 Å². The molecule has 144 valence electrons. The van der Waals surface area contributed by atoms with E-state index in [1.807, 2.05) is 12.1 Å². The van der Waals surface area contributed by atoms with Gasteiger partial charge < -0.3 is 20.1 Å². The predicted octanol–water partition coefficient (Wildman–Crippen LogP) is 3.84. The van der Waals surface area contributed by atoms with E-state index in [0.29, 0.717) is 29.6 Å². The van der Waals surface area contributed by atoms with Crippen molar-refractivity contribution in [3.63, 3.8) is 0 Å². The van der Waals surface area contributed by atoms with E-state index in [0.717, 1.165) is 17.8 Å². The van der Waals surface area contributed by atoms with Gasteiger partial charge >= 0.3 is 0 Å². The van der Waals surface area contributed by atoms with Gasteiger partial charge in [0.05, 0.1) is 19.9 Å². The highest BCUT2D eigenvalue weighted by Crippen LogP contribution is 2.49. The fourth-order valence-electron chi connectivity index (χ4n) is 4.92. The summed E-state index contributed by atoms with van der Waals surface area (Å²) < 4.78 is 10.5. The van der Waals surface area contributed by atoms with Crippen LogP contribution in [-0.2, 0) is 4.79 Å². The van der Waals surface area contributed by atoms with Crippen molar-refractivity contribution < 1.29 is 14.3 Å². The van der Waals surface area contributed by atoms with E-state index in [1.165, 1.54) is 25.7 Å². The van der Waals surface area contributed by atoms with Gasteiger partial charge in [-0.2, -0.15) is 0 Å². The minimum absolute atomic E-state index is 0.00592. The Morgan fingerprint density at radius 1 is 1.19 bits per heavy atom. The van der Waals surface area contributed by atoms with Crippen LogP contribution in [0, 0.1) is 17.8 Å². The maximum absolute atomic E-state index is 12.4. The Morgan fingerprint density at radius 3 is 2.62 bits per heavy atom. The zero-order valence-corrected chi connectivity index (χ0v) is 16.4. The first-order valence-electron chi connectivity index (χ1n) is 9.78. The first-order valence-corrected chi connectivity index (χ1v) is 9.78. The number of methoxy groups -OCH3 is 2. The quantitative estimate of drug-likeness (QED) is 0.740. The second kappa shape index (κ2) is 8.30. The fourth-order valence-corrected chi connectivity index (χ4v) is 4.92. The van der Waals surface area contributed by atoms with Crippen molar-refractivity contribution in [2.75, 3.05) is 19.5 Å². The van der Waals surface area contributed by atoms with Crippen molar-refractivity contribution in [3.8, 4) is 11.5 Å². The highest BCUT2D eigenvalue weighted by Gasteiger charge is 2.41. The van der Waals surface area contributed by atoms with Gasteiger partial charge in [0.1, 0.15) is 11.5 Å². The van der Waals surface area contributed by atoms with Crippen LogP contribution in [0.1, 0.15) is 46.0 Å². The molecule has 5 unspecified atom stereocenters. The summed E-state index contributed by atoms with van der Waals surface area (Å²) >= 11 is 0. The van der Waals surface area contributed by atoms with Crippen LogP contribution in [0.3, 0.4) is 0 Å². The molecule has 26 heavy (non-hydrogen) atoms. The second-order valence-electron chi connectivity index (χ2n) is 8.01. The summed E-state index contributed by atoms with van der Waals surface area (Å²) in [5.41, 5.74) is 0.673. The van der Waals surface area contributed by atoms with Crippen LogP contribution in [0.25, 0.3) is 0 Å². The average Bonchev–Trinajstić information content (AvgIpc) is 3.25. The largest absolute Gasteiger partial charge is 0.497 e. The molecule has 0 aliphatic heterocycles. The van der Waals surface area contributed by atoms with Crippen molar-refractivity contribution >= 4 is 11.6 Å². The van der Waals surface area contributed by atoms with Crippen molar-refractivity contribution in [1.82, 2.24) is 5.32 Å². The van der Waals surface area contributed by atoms with Gasteiger partial charge in [0.15, 0.2) is 0 Å². The van der Waals surface area contributed by atoms with E-state index in [2.05, 4.69) is 24.5 Å². The molecule has 1 aromatic carbocycles. The Bertz CT molecular complexity index is 634. The molecule has 0 radical (unpaired) electrons. The van der Waals surface area contributed by atoms with Gasteiger partial charge in [-0.3, -0.25) is 4.79 Å². The molecule has 0 saturated heterocycles. The Morgan fingerprint density at radius 2 is 2.00 bits per heavy atom. The van der Waals surface area contributed by atoms with Crippen LogP contribution in [0.15, 0.2) is 18.2 Å². The molecule has 2 aliphatic rings. The van der Waals surface area contributed by atoms with Gasteiger partial charge in [0.2, 0.25) is 5.91 Å². The molecule has 0 aromatic heterocycles. The molecule has 5 nitrogen and oxygen atoms in total. The summed E-state index contributed by atoms with van der Waals surface area (Å²) in [6, 6.07) is 6.02. The molecular weight excluding hydrogens is 328 g/mol. The lowest BCUT2D eigenvalue weighted by Crippen LogP contribution is -2.42. The predicted molar refractivity (Wildman–Crippen MR) is 104 cm³/mol. The number of carbonyl (C=O) groups excluding carboxylic acids is 1. The first kappa shape index (κ1) is 19.0. The van der Waals surface area contributed by atoms with E-state index in [9.17, 15) is 4.79 Å². The maximum atomic E-state index is 12.4. The third kappa shape index (κ3) is 4.32. The van der Waals surface area contributed by atoms with Gasteiger partial charge in [-0.25, -0.2) is 0 Å². The normalized spacial score (nSPS) is 26.4. The molecule has 2 N–H and O–H groups in total. The third-order valence-corrected chi connectivity index (χ3v) is 6.16. The number of nitrogens with one attached hydrogen (secondary N) is 2. The highest BCUT2D eigenvalue weighted by molar-refractivity contribution is 5.92. The summed E-state index contributed by atoms with van der Waals surface area (Å²) in [5, 5.41) is 6.61. The lowest BCUT2D eigenvalue weighted by molar-refractivity contribution is -0.116. The number of ether oxygens (including phenoxy) is 2. The smallest absolute Gasteiger partial charge is 0.226 e. The lowest BCUT2D eigenvalue weighted by Gasteiger charge is -2.30. The van der Waals surface area contributed by atoms with Crippen molar-refractivity contribution in [2.45, 2.75) is 58.0 Å². The highest BCUT2D eigenvalue weighted by atomic mass is 16.5. The van der Waals surface area contributed by atoms with E-state index in [4.69, 9.17) is 9.47 Å². The van der Waals surface area contributed by atoms with Crippen molar-refractivity contribution in [2.24, 2.45) is 17.8 Å². The number of hydrogen-bond acceptors (Lipinski definition) is 4. The molecule has 2 saturated carbocycles. The summed E-state index contributed by atoms with van der Waals surface area (Å²) in [4.78, 5) is 12.4. The minimum atomic E-state index is -0.00592. The molecular formula is C21H32N2O3. The Balaban J connectivity index is 1.50. The van der Waals surface area contributed by atoms with Gasteiger partial charge in [-0.15, -0.1) is 0 Å². The molecule has 1 aromatic rings. The van der Waals surface area contributed by atoms with E-state index >= 15 is 0 Å². The molecule has 0 spiro atoms. The topological polar surface area (TPSA) is 59.6 Å². The lowest BCUT2D eigenvalue weighted by atomic mass is 9.83. The van der Waals surface area contributed by atoms with Crippen LogP contribution in [0.5, 0.6) is 11.5 Å². The van der Waals surface area contributed by atoms with Gasteiger partial charge in [-0.05, 0) is 63.0 Å². The standard InChI is InChI=1S/C21H32N2O3/c1-13(22-14(2)18-11-15-5-6-16(18)10-15)9-21(24)23-19-8-7-17(25-3)12-20(19)26-4/h7-8,12-16,18,22H,5-6,9-11H2,1-4H3,(H,23,24). The molecule has 2 aliphatic carbocycles. The second-order valence-corrected chi connectivity index (χ2v) is 8.01. The molecule has 5 atom stereocenters. The Labute approximate surface area is 156 Å². The van der Waals surface area contributed by atoms with E-state index < -0.39 is 0 Å². The Kier molecular flexibility index (Phi) is 6.07. The first-order chi connectivity index (χ1) is 12.5. The monoisotopic (exact) mass is 360 g/mol. The fraction of sp³-hybridized carbons (Fsp3) is 0.667. The SMILES string of the molecule is COc1ccc(NC(=O)CC(C)NC(C)C2CC3CCC2C3)c(OC)c1. The number of carbonyl (C=O) groups is 1. The molecule has 5 heteroatoms. The summed E-state index contributed by atoms with van der Waals surface area (Å²) in [6.07, 6.45) is 6.05. The molecule has 0 heterocycles. The number of fused-ring (bicyclic) bond motifs is 2. The zero-order chi connectivity index (χ0) is 18.7. The van der Waals surface area contributed by atoms with Crippen LogP contribution in [-0.4, -0.2) is 32.2 Å². The Hall–Kier alpha value is -1.75. The molecule has 2 bridgehead atoms. The van der Waals surface area contributed by atoms with Gasteiger partial charge in [0, 0.05) is 24.6 Å². The van der Waals surface area contributed by atoms with Gasteiger partial charge in [-0.1, -0.05) is 6.42 Å². The minimum Gasteiger partial charge on any atom is -0.497 e. The summed E-state index contributed by atoms with van der Waals surface area (Å²) in [6.45, 7) is 4.38. The molecule has 2 fully saturated rings. The van der Waals surface area contributed by atoms with Gasteiger partial charge in [0.25, 0.3) is 0 Å². The van der Waals surface area contributed by atoms with E-state index in [-0.39, 0.29) is 11.9 Å². The average molecular weight is 360 g/mol. The number of hydrogen-bond donors (Lipinski definition) is 2. The van der Waals surface area contributed by atoms with Crippen LogP contribution in [0.2, 0.25) is 0 Å². The molecule has 1 amide bonds. The van der Waals surface area contributed by atoms with Crippen LogP contribution in [0.4, 0.5) is 5.69 Å². The number of benzene rings is 1. The van der Waals surface area contributed by atoms with Crippen LogP contribution >= 0.6 is 0 Å². The third-order valence-electron chi connectivity index (χ3n) is 6.16. The number of rotatable bonds is 8. The summed E-state index contributed by atoms with van der Waals surface area (Å²) in [7, 11) is 3.20. The number of amides is 1. The zero-order valence-electron chi connectivity index (χ0n) is 16.4.